The molecular formula is C10H19NO2. The second-order valence-corrected chi connectivity index (χ2v) is 3.77. The Balaban J connectivity index is 2.06. The van der Waals surface area contributed by atoms with Crippen molar-refractivity contribution in [3.8, 4) is 0 Å². The number of carbonyl (C=O) groups excluding carboxylic acids is 1. The molecule has 0 unspecified atom stereocenters. The largest absolute Gasteiger partial charge is 0.381 e. The van der Waals surface area contributed by atoms with Crippen molar-refractivity contribution in [2.45, 2.75) is 19.3 Å². The fraction of sp³-hybridized carbons (Fsp3) is 0.900. The quantitative estimate of drug-likeness (QED) is 0.597. The highest BCUT2D eigenvalue weighted by molar-refractivity contribution is 5.51. The predicted octanol–water partition coefficient (Wildman–Crippen LogP) is 0.934. The molecule has 1 aliphatic rings. The summed E-state index contributed by atoms with van der Waals surface area (Å²) >= 11 is 0. The van der Waals surface area contributed by atoms with Crippen molar-refractivity contribution in [3.63, 3.8) is 0 Å². The molecule has 0 atom stereocenters. The van der Waals surface area contributed by atoms with Crippen molar-refractivity contribution in [2.24, 2.45) is 5.92 Å². The molecule has 13 heavy (non-hydrogen) atoms. The van der Waals surface area contributed by atoms with Gasteiger partial charge in [-0.25, -0.2) is 0 Å². The van der Waals surface area contributed by atoms with E-state index in [0.717, 1.165) is 32.0 Å². The van der Waals surface area contributed by atoms with Gasteiger partial charge in [0.25, 0.3) is 0 Å². The predicted molar refractivity (Wildman–Crippen MR) is 51.7 cm³/mol. The first-order chi connectivity index (χ1) is 6.33. The highest BCUT2D eigenvalue weighted by atomic mass is 16.5. The number of rotatable bonds is 5. The minimum absolute atomic E-state index is 0.559. The normalized spacial score (nSPS) is 19.2. The van der Waals surface area contributed by atoms with Crippen molar-refractivity contribution in [1.29, 1.82) is 0 Å². The third kappa shape index (κ3) is 4.39. The van der Waals surface area contributed by atoms with E-state index in [1.54, 1.807) is 0 Å². The average molecular weight is 185 g/mol. The Kier molecular flexibility index (Phi) is 5.01. The first kappa shape index (κ1) is 10.7. The van der Waals surface area contributed by atoms with E-state index in [9.17, 15) is 4.79 Å². The summed E-state index contributed by atoms with van der Waals surface area (Å²) in [6.45, 7) is 3.43. The third-order valence-corrected chi connectivity index (χ3v) is 2.65. The molecule has 0 aromatic carbocycles. The number of hydrogen-bond donors (Lipinski definition) is 0. The number of nitrogens with zero attached hydrogens (tertiary/aromatic N) is 1. The van der Waals surface area contributed by atoms with Gasteiger partial charge in [0.1, 0.15) is 6.29 Å². The Hall–Kier alpha value is -0.410. The van der Waals surface area contributed by atoms with Crippen LogP contribution in [0.5, 0.6) is 0 Å². The lowest BCUT2D eigenvalue weighted by Gasteiger charge is -2.23. The van der Waals surface area contributed by atoms with Crippen molar-refractivity contribution >= 4 is 6.29 Å². The van der Waals surface area contributed by atoms with Gasteiger partial charge in [-0.3, -0.25) is 4.90 Å². The van der Waals surface area contributed by atoms with Crippen LogP contribution in [0.15, 0.2) is 0 Å². The monoisotopic (exact) mass is 185 g/mol. The molecule has 0 bridgehead atoms. The van der Waals surface area contributed by atoms with E-state index in [4.69, 9.17) is 4.74 Å². The number of carbonyl (C=O) groups is 1. The molecule has 1 aliphatic heterocycles. The van der Waals surface area contributed by atoms with Crippen LogP contribution in [0.4, 0.5) is 0 Å². The summed E-state index contributed by atoms with van der Waals surface area (Å²) in [4.78, 5) is 12.3. The average Bonchev–Trinajstić information content (AvgIpc) is 2.17. The van der Waals surface area contributed by atoms with Crippen LogP contribution < -0.4 is 0 Å². The summed E-state index contributed by atoms with van der Waals surface area (Å²) in [5.41, 5.74) is 0. The molecule has 0 saturated carbocycles. The van der Waals surface area contributed by atoms with Crippen LogP contribution in [0.3, 0.4) is 0 Å². The number of likely N-dealkylation sites (N-methyl/N-ethyl adjacent to an activating group) is 1. The molecule has 0 radical (unpaired) electrons. The maximum Gasteiger partial charge on any atom is 0.133 e. The third-order valence-electron chi connectivity index (χ3n) is 2.65. The summed E-state index contributed by atoms with van der Waals surface area (Å²) in [7, 11) is 1.99. The van der Waals surface area contributed by atoms with Gasteiger partial charge in [0.05, 0.1) is 6.54 Å². The lowest BCUT2D eigenvalue weighted by molar-refractivity contribution is -0.108. The van der Waals surface area contributed by atoms with E-state index in [0.29, 0.717) is 6.54 Å². The highest BCUT2D eigenvalue weighted by Gasteiger charge is 2.13. The van der Waals surface area contributed by atoms with Gasteiger partial charge in [-0.05, 0) is 38.8 Å². The van der Waals surface area contributed by atoms with Crippen LogP contribution in [0.2, 0.25) is 0 Å². The first-order valence-corrected chi connectivity index (χ1v) is 5.03. The highest BCUT2D eigenvalue weighted by Crippen LogP contribution is 2.18. The number of aldehydes is 1. The standard InChI is InChI=1S/C10H19NO2/c1-11(6-7-12)5-2-10-3-8-13-9-4-10/h7,10H,2-6,8-9H2,1H3. The molecule has 76 valence electrons. The molecule has 3 nitrogen and oxygen atoms in total. The zero-order chi connectivity index (χ0) is 9.52. The Morgan fingerprint density at radius 2 is 2.15 bits per heavy atom. The summed E-state index contributed by atoms with van der Waals surface area (Å²) in [6, 6.07) is 0. The van der Waals surface area contributed by atoms with E-state index in [-0.39, 0.29) is 0 Å². The Labute approximate surface area is 80.1 Å². The maximum atomic E-state index is 10.2. The molecule has 1 fully saturated rings. The second-order valence-electron chi connectivity index (χ2n) is 3.77. The molecule has 0 aliphatic carbocycles. The molecule has 0 N–H and O–H groups in total. The van der Waals surface area contributed by atoms with Gasteiger partial charge < -0.3 is 9.53 Å². The van der Waals surface area contributed by atoms with E-state index >= 15 is 0 Å². The number of hydrogen-bond acceptors (Lipinski definition) is 3. The topological polar surface area (TPSA) is 29.5 Å². The molecule has 0 spiro atoms. The summed E-state index contributed by atoms with van der Waals surface area (Å²) in [6.07, 6.45) is 4.54. The van der Waals surface area contributed by atoms with Gasteiger partial charge in [0.15, 0.2) is 0 Å². The minimum Gasteiger partial charge on any atom is -0.381 e. The van der Waals surface area contributed by atoms with Crippen LogP contribution in [-0.4, -0.2) is 44.5 Å². The van der Waals surface area contributed by atoms with Crippen LogP contribution in [-0.2, 0) is 9.53 Å². The van der Waals surface area contributed by atoms with Crippen molar-refractivity contribution < 1.29 is 9.53 Å². The zero-order valence-electron chi connectivity index (χ0n) is 8.37. The fourth-order valence-corrected chi connectivity index (χ4v) is 1.66. The molecule has 1 heterocycles. The van der Waals surface area contributed by atoms with Crippen LogP contribution in [0.1, 0.15) is 19.3 Å². The molecule has 0 aromatic heterocycles. The Morgan fingerprint density at radius 3 is 2.77 bits per heavy atom. The zero-order valence-corrected chi connectivity index (χ0v) is 8.37. The summed E-state index contributed by atoms with van der Waals surface area (Å²) in [5, 5.41) is 0. The van der Waals surface area contributed by atoms with Crippen molar-refractivity contribution in [2.75, 3.05) is 33.4 Å². The van der Waals surface area contributed by atoms with Gasteiger partial charge in [0, 0.05) is 13.2 Å². The van der Waals surface area contributed by atoms with E-state index in [1.807, 2.05) is 7.05 Å². The van der Waals surface area contributed by atoms with Gasteiger partial charge in [-0.2, -0.15) is 0 Å². The van der Waals surface area contributed by atoms with Gasteiger partial charge in [0.2, 0.25) is 0 Å². The van der Waals surface area contributed by atoms with Crippen LogP contribution in [0, 0.1) is 5.92 Å². The van der Waals surface area contributed by atoms with Gasteiger partial charge >= 0.3 is 0 Å². The lowest BCUT2D eigenvalue weighted by Crippen LogP contribution is -2.25. The Morgan fingerprint density at radius 1 is 1.46 bits per heavy atom. The molecule has 0 aromatic rings. The first-order valence-electron chi connectivity index (χ1n) is 5.03. The minimum atomic E-state index is 0.559. The van der Waals surface area contributed by atoms with Crippen molar-refractivity contribution in [1.82, 2.24) is 4.90 Å². The molecule has 1 rings (SSSR count). The molecule has 0 amide bonds. The van der Waals surface area contributed by atoms with E-state index in [1.165, 1.54) is 19.3 Å². The maximum absolute atomic E-state index is 10.2. The van der Waals surface area contributed by atoms with E-state index in [2.05, 4.69) is 4.90 Å². The molecule has 3 heteroatoms. The summed E-state index contributed by atoms with van der Waals surface area (Å²) in [5.74, 6) is 0.808. The Bertz CT molecular complexity index is 144. The molecule has 1 saturated heterocycles. The van der Waals surface area contributed by atoms with Crippen LogP contribution >= 0.6 is 0 Å². The number of ether oxygens (including phenoxy) is 1. The second kappa shape index (κ2) is 6.11. The smallest absolute Gasteiger partial charge is 0.133 e. The van der Waals surface area contributed by atoms with Crippen molar-refractivity contribution in [3.05, 3.63) is 0 Å². The van der Waals surface area contributed by atoms with Gasteiger partial charge in [-0.1, -0.05) is 0 Å². The lowest BCUT2D eigenvalue weighted by atomic mass is 9.96. The van der Waals surface area contributed by atoms with Crippen LogP contribution in [0.25, 0.3) is 0 Å². The SMILES string of the molecule is CN(CC=O)CCC1CCOCC1. The van der Waals surface area contributed by atoms with Gasteiger partial charge in [-0.15, -0.1) is 0 Å². The fourth-order valence-electron chi connectivity index (χ4n) is 1.66. The molecular weight excluding hydrogens is 166 g/mol. The summed E-state index contributed by atoms with van der Waals surface area (Å²) < 4.78 is 5.28. The van der Waals surface area contributed by atoms with E-state index < -0.39 is 0 Å².